The fourth-order valence-electron chi connectivity index (χ4n) is 12.1. The fourth-order valence-corrected chi connectivity index (χ4v) is 12.1. The van der Waals surface area contributed by atoms with Crippen LogP contribution in [-0.2, 0) is 28.6 Å². The Morgan fingerprint density at radius 1 is 1.02 bits per heavy atom. The van der Waals surface area contributed by atoms with E-state index in [9.17, 15) is 19.5 Å². The normalized spacial score (nSPS) is 41.7. The van der Waals surface area contributed by atoms with Gasteiger partial charge in [-0.05, 0) is 97.7 Å². The molecular weight excluding hydrogens is 636 g/mol. The zero-order valence-corrected chi connectivity index (χ0v) is 31.8. The number of nitrogens with two attached hydrogens (primary N) is 3. The number of allylic oxidation sites excluding steroid dienone is 1. The Bertz CT molecular complexity index is 1400. The lowest BCUT2D eigenvalue weighted by Crippen LogP contribution is -2.70. The summed E-state index contributed by atoms with van der Waals surface area (Å²) in [6.45, 7) is 18.3. The van der Waals surface area contributed by atoms with Crippen molar-refractivity contribution in [3.8, 4) is 0 Å². The number of guanidine groups is 1. The first-order valence-corrected chi connectivity index (χ1v) is 19.0. The van der Waals surface area contributed by atoms with Crippen molar-refractivity contribution in [2.45, 2.75) is 131 Å². The number of hydrogen-bond acceptors (Lipinski definition) is 8. The van der Waals surface area contributed by atoms with Crippen molar-refractivity contribution in [3.63, 3.8) is 0 Å². The molecule has 11 heteroatoms. The molecule has 3 saturated carbocycles. The summed E-state index contributed by atoms with van der Waals surface area (Å²) < 4.78 is 18.8. The summed E-state index contributed by atoms with van der Waals surface area (Å²) in [4.78, 5) is 43.5. The number of carboxylic acids is 1. The SMILES string of the molecule is CC(=O)O[C@@H]1C[C@@]23COC[C@@](C)([C@@H]2CC[C@H]2C3=CC[C@@]3(C)[C@H](C(=O)O)[C@@](C)(C(C)C(C)C)CC[C@]23C)[C@H]1OC(=O)C(N)CCCCN=C(N)N. The molecule has 11 nitrogen and oxygen atoms in total. The van der Waals surface area contributed by atoms with Gasteiger partial charge in [0.1, 0.15) is 18.2 Å². The summed E-state index contributed by atoms with van der Waals surface area (Å²) in [6.07, 6.45) is 7.55. The maximum absolute atomic E-state index is 13.5. The molecule has 5 aliphatic rings. The molecule has 4 aliphatic carbocycles. The summed E-state index contributed by atoms with van der Waals surface area (Å²) in [5.74, 6) is -1.12. The smallest absolute Gasteiger partial charge is 0.323 e. The minimum Gasteiger partial charge on any atom is -0.481 e. The van der Waals surface area contributed by atoms with Crippen molar-refractivity contribution >= 4 is 23.9 Å². The van der Waals surface area contributed by atoms with Crippen molar-refractivity contribution in [1.82, 2.24) is 0 Å². The van der Waals surface area contributed by atoms with Crippen molar-refractivity contribution < 1.29 is 33.7 Å². The number of unbranched alkanes of at least 4 members (excludes halogenated alkanes) is 1. The van der Waals surface area contributed by atoms with Gasteiger partial charge in [0.15, 0.2) is 5.96 Å². The summed E-state index contributed by atoms with van der Waals surface area (Å²) >= 11 is 0. The van der Waals surface area contributed by atoms with Gasteiger partial charge >= 0.3 is 17.9 Å². The Balaban J connectivity index is 1.47. The van der Waals surface area contributed by atoms with Crippen molar-refractivity contribution in [1.29, 1.82) is 0 Å². The molecule has 0 aromatic rings. The van der Waals surface area contributed by atoms with Gasteiger partial charge in [0.2, 0.25) is 0 Å². The second-order valence-electron chi connectivity index (χ2n) is 18.0. The van der Waals surface area contributed by atoms with Crippen LogP contribution in [0.3, 0.4) is 0 Å². The molecule has 2 bridgehead atoms. The molecule has 0 spiro atoms. The van der Waals surface area contributed by atoms with Gasteiger partial charge in [-0.2, -0.15) is 0 Å². The number of aliphatic imine (C=N–C) groups is 1. The number of nitrogens with zero attached hydrogens (tertiary/aromatic N) is 1. The lowest BCUT2D eigenvalue weighted by molar-refractivity contribution is -0.263. The number of carbonyl (C=O) groups excluding carboxylic acids is 2. The van der Waals surface area contributed by atoms with E-state index in [-0.39, 0.29) is 34.5 Å². The van der Waals surface area contributed by atoms with Crippen LogP contribution >= 0.6 is 0 Å². The number of carboxylic acid groups (broad SMARTS) is 1. The topological polar surface area (TPSA) is 190 Å². The van der Waals surface area contributed by atoms with Gasteiger partial charge in [0.05, 0.1) is 19.1 Å². The molecule has 0 amide bonds. The highest BCUT2D eigenvalue weighted by atomic mass is 16.6. The summed E-state index contributed by atoms with van der Waals surface area (Å²) in [6, 6.07) is -0.834. The molecule has 12 atom stereocenters. The highest BCUT2D eigenvalue weighted by Crippen LogP contribution is 2.75. The third-order valence-electron chi connectivity index (χ3n) is 15.2. The molecule has 50 heavy (non-hydrogen) atoms. The molecule has 0 aromatic carbocycles. The number of rotatable bonds is 11. The molecule has 1 aliphatic heterocycles. The zero-order chi connectivity index (χ0) is 37.0. The number of aliphatic carboxylic acids is 1. The van der Waals surface area contributed by atoms with Crippen LogP contribution in [0.15, 0.2) is 16.6 Å². The standard InChI is InChI=1S/C39H64N4O7/c1-22(2)23(3)35(5)16-17-37(7)25-12-13-29-36(6)20-48-21-39(29,26(25)14-15-38(37,8)30(35)32(45)46)19-28(49-24(4)44)31(36)50-33(47)27(40)11-9-10-18-43-34(41)42/h14,22-23,25,27-31H,9-13,15-21,40H2,1-8H3,(H,45,46)(H4,41,42,43)/t23?,25-,27?,28+,29-,30+,31-,35+,36-,37+,38-,39-/m0/s1. The van der Waals surface area contributed by atoms with Crippen LogP contribution in [-0.4, -0.2) is 67.0 Å². The number of fused-ring (bicyclic) bond motifs is 3. The third kappa shape index (κ3) is 6.05. The van der Waals surface area contributed by atoms with Gasteiger partial charge in [-0.25, -0.2) is 0 Å². The van der Waals surface area contributed by atoms with Crippen LogP contribution in [0, 0.1) is 56.7 Å². The molecule has 282 valence electrons. The van der Waals surface area contributed by atoms with E-state index < -0.39 is 58.3 Å². The predicted molar refractivity (Wildman–Crippen MR) is 192 cm³/mol. The molecule has 7 N–H and O–H groups in total. The fraction of sp³-hybridized carbons (Fsp3) is 0.846. The van der Waals surface area contributed by atoms with Gasteiger partial charge in [-0.15, -0.1) is 0 Å². The van der Waals surface area contributed by atoms with Gasteiger partial charge in [-0.3, -0.25) is 19.4 Å². The molecule has 5 rings (SSSR count). The quantitative estimate of drug-likeness (QED) is 0.0734. The van der Waals surface area contributed by atoms with E-state index in [1.165, 1.54) is 12.5 Å². The lowest BCUT2D eigenvalue weighted by Gasteiger charge is -2.71. The maximum atomic E-state index is 13.5. The summed E-state index contributed by atoms with van der Waals surface area (Å²) in [7, 11) is 0. The van der Waals surface area contributed by atoms with Crippen molar-refractivity contribution in [2.75, 3.05) is 19.8 Å². The Kier molecular flexibility index (Phi) is 10.6. The average Bonchev–Trinajstić information content (AvgIpc) is 3.02. The van der Waals surface area contributed by atoms with Gasteiger partial charge in [0.25, 0.3) is 0 Å². The van der Waals surface area contributed by atoms with Gasteiger partial charge < -0.3 is 36.5 Å². The van der Waals surface area contributed by atoms with Gasteiger partial charge in [-0.1, -0.05) is 60.1 Å². The van der Waals surface area contributed by atoms with Crippen LogP contribution < -0.4 is 17.2 Å². The Labute approximate surface area is 298 Å². The first-order valence-electron chi connectivity index (χ1n) is 19.0. The zero-order valence-electron chi connectivity index (χ0n) is 31.8. The van der Waals surface area contributed by atoms with E-state index in [2.05, 4.69) is 59.5 Å². The highest BCUT2D eigenvalue weighted by Gasteiger charge is 2.72. The second kappa shape index (κ2) is 13.7. The van der Waals surface area contributed by atoms with E-state index in [0.717, 1.165) is 25.7 Å². The van der Waals surface area contributed by atoms with E-state index >= 15 is 0 Å². The van der Waals surface area contributed by atoms with Crippen LogP contribution in [0.25, 0.3) is 0 Å². The number of hydrogen-bond donors (Lipinski definition) is 4. The molecule has 4 fully saturated rings. The number of ether oxygens (including phenoxy) is 3. The molecule has 0 aromatic heterocycles. The predicted octanol–water partition coefficient (Wildman–Crippen LogP) is 5.19. The van der Waals surface area contributed by atoms with E-state index in [1.54, 1.807) is 0 Å². The van der Waals surface area contributed by atoms with E-state index in [1.807, 2.05) is 0 Å². The van der Waals surface area contributed by atoms with Crippen LogP contribution in [0.1, 0.15) is 113 Å². The molecular formula is C39H64N4O7. The Hall–Kier alpha value is -2.66. The minimum atomic E-state index is -0.834. The monoisotopic (exact) mass is 700 g/mol. The molecule has 0 radical (unpaired) electrons. The average molecular weight is 701 g/mol. The Morgan fingerprint density at radius 3 is 2.34 bits per heavy atom. The van der Waals surface area contributed by atoms with E-state index in [0.29, 0.717) is 57.8 Å². The Morgan fingerprint density at radius 2 is 1.72 bits per heavy atom. The first-order chi connectivity index (χ1) is 23.3. The van der Waals surface area contributed by atoms with E-state index in [4.69, 9.17) is 31.4 Å². The first kappa shape index (κ1) is 38.6. The molecule has 2 unspecified atom stereocenters. The molecule has 1 heterocycles. The summed E-state index contributed by atoms with van der Waals surface area (Å²) in [5, 5.41) is 11.0. The lowest BCUT2D eigenvalue weighted by atomic mass is 9.34. The minimum absolute atomic E-state index is 0.0325. The highest BCUT2D eigenvalue weighted by molar-refractivity contribution is 5.76. The third-order valence-corrected chi connectivity index (χ3v) is 15.2. The van der Waals surface area contributed by atoms with Crippen molar-refractivity contribution in [2.24, 2.45) is 78.9 Å². The van der Waals surface area contributed by atoms with Crippen molar-refractivity contribution in [3.05, 3.63) is 11.6 Å². The molecule has 1 saturated heterocycles. The number of esters is 2. The van der Waals surface area contributed by atoms with Crippen LogP contribution in [0.2, 0.25) is 0 Å². The largest absolute Gasteiger partial charge is 0.481 e. The van der Waals surface area contributed by atoms with Gasteiger partial charge in [0, 0.05) is 24.3 Å². The summed E-state index contributed by atoms with van der Waals surface area (Å²) in [5.41, 5.74) is 16.5. The second-order valence-corrected chi connectivity index (χ2v) is 18.0. The number of carbonyl (C=O) groups is 3. The maximum Gasteiger partial charge on any atom is 0.323 e. The van der Waals surface area contributed by atoms with Crippen LogP contribution in [0.4, 0.5) is 0 Å². The van der Waals surface area contributed by atoms with Crippen LogP contribution in [0.5, 0.6) is 0 Å².